The van der Waals surface area contributed by atoms with E-state index >= 15 is 0 Å². The van der Waals surface area contributed by atoms with Gasteiger partial charge in [-0.05, 0) is 32.8 Å². The highest BCUT2D eigenvalue weighted by Gasteiger charge is 2.24. The van der Waals surface area contributed by atoms with E-state index in [0.29, 0.717) is 43.6 Å². The van der Waals surface area contributed by atoms with Gasteiger partial charge < -0.3 is 9.47 Å². The summed E-state index contributed by atoms with van der Waals surface area (Å²) in [6, 6.07) is 1.57. The SMILES string of the molecule is CCOC(=O)CCCCC(C(C)=O)C(=O)c1cncc(OC)c1. The Morgan fingerprint density at radius 3 is 2.57 bits per heavy atom. The number of unbranched alkanes of at least 4 members (excludes halogenated alkanes) is 1. The minimum absolute atomic E-state index is 0.186. The van der Waals surface area contributed by atoms with Crippen LogP contribution in [0.25, 0.3) is 0 Å². The summed E-state index contributed by atoms with van der Waals surface area (Å²) in [5, 5.41) is 0. The lowest BCUT2D eigenvalue weighted by molar-refractivity contribution is -0.143. The average Bonchev–Trinajstić information content (AvgIpc) is 2.54. The number of Topliss-reactive ketones (excluding diaryl/α,β-unsaturated/α-hetero) is 2. The molecule has 0 aliphatic carbocycles. The lowest BCUT2D eigenvalue weighted by Crippen LogP contribution is -2.22. The molecule has 0 fully saturated rings. The van der Waals surface area contributed by atoms with Gasteiger partial charge in [-0.15, -0.1) is 0 Å². The van der Waals surface area contributed by atoms with Crippen molar-refractivity contribution in [3.05, 3.63) is 24.0 Å². The lowest BCUT2D eigenvalue weighted by Gasteiger charge is -2.13. The van der Waals surface area contributed by atoms with Gasteiger partial charge in [-0.3, -0.25) is 19.4 Å². The van der Waals surface area contributed by atoms with Gasteiger partial charge in [0.25, 0.3) is 0 Å². The second kappa shape index (κ2) is 9.71. The first-order valence-corrected chi connectivity index (χ1v) is 7.68. The number of pyridine rings is 1. The van der Waals surface area contributed by atoms with E-state index in [-0.39, 0.29) is 17.5 Å². The molecular formula is C17H23NO5. The van der Waals surface area contributed by atoms with Crippen LogP contribution in [0.3, 0.4) is 0 Å². The molecule has 0 aliphatic rings. The van der Waals surface area contributed by atoms with Gasteiger partial charge in [-0.2, -0.15) is 0 Å². The standard InChI is InChI=1S/C17H23NO5/c1-4-23-16(20)8-6-5-7-15(12(2)19)17(21)13-9-14(22-3)11-18-10-13/h9-11,15H,4-8H2,1-3H3. The highest BCUT2D eigenvalue weighted by atomic mass is 16.5. The van der Waals surface area contributed by atoms with Crippen LogP contribution < -0.4 is 4.74 Å². The number of rotatable bonds is 10. The highest BCUT2D eigenvalue weighted by molar-refractivity contribution is 6.10. The van der Waals surface area contributed by atoms with E-state index in [0.717, 1.165) is 0 Å². The van der Waals surface area contributed by atoms with Crippen LogP contribution in [0.2, 0.25) is 0 Å². The van der Waals surface area contributed by atoms with Gasteiger partial charge in [0.05, 0.1) is 25.8 Å². The molecule has 0 N–H and O–H groups in total. The molecule has 1 rings (SSSR count). The molecule has 0 aromatic carbocycles. The summed E-state index contributed by atoms with van der Waals surface area (Å²) in [5.41, 5.74) is 0.356. The molecule has 1 aromatic rings. The van der Waals surface area contributed by atoms with E-state index in [2.05, 4.69) is 4.98 Å². The largest absolute Gasteiger partial charge is 0.495 e. The van der Waals surface area contributed by atoms with Crippen LogP contribution in [-0.2, 0) is 14.3 Å². The second-order valence-electron chi connectivity index (χ2n) is 5.19. The second-order valence-corrected chi connectivity index (χ2v) is 5.19. The Hall–Kier alpha value is -2.24. The van der Waals surface area contributed by atoms with E-state index in [9.17, 15) is 14.4 Å². The van der Waals surface area contributed by atoms with Crippen molar-refractivity contribution < 1.29 is 23.9 Å². The van der Waals surface area contributed by atoms with Crippen LogP contribution in [0, 0.1) is 5.92 Å². The molecule has 0 saturated heterocycles. The molecule has 1 aromatic heterocycles. The summed E-state index contributed by atoms with van der Waals surface area (Å²) in [6.45, 7) is 3.52. The molecule has 1 unspecified atom stereocenters. The van der Waals surface area contributed by atoms with E-state index in [4.69, 9.17) is 9.47 Å². The zero-order valence-electron chi connectivity index (χ0n) is 13.8. The summed E-state index contributed by atoms with van der Waals surface area (Å²) in [5.74, 6) is -0.948. The van der Waals surface area contributed by atoms with Crippen molar-refractivity contribution in [2.24, 2.45) is 5.92 Å². The van der Waals surface area contributed by atoms with Gasteiger partial charge in [-0.1, -0.05) is 6.42 Å². The summed E-state index contributed by atoms with van der Waals surface area (Å²) in [6.07, 6.45) is 4.83. The first kappa shape index (κ1) is 18.8. The quantitative estimate of drug-likeness (QED) is 0.285. The summed E-state index contributed by atoms with van der Waals surface area (Å²) in [7, 11) is 1.49. The lowest BCUT2D eigenvalue weighted by atomic mass is 9.90. The van der Waals surface area contributed by atoms with Crippen LogP contribution in [0.4, 0.5) is 0 Å². The molecule has 6 nitrogen and oxygen atoms in total. The third-order valence-electron chi connectivity index (χ3n) is 3.47. The summed E-state index contributed by atoms with van der Waals surface area (Å²) < 4.78 is 9.89. The van der Waals surface area contributed by atoms with Gasteiger partial charge in [-0.25, -0.2) is 0 Å². The molecule has 0 bridgehead atoms. The van der Waals surface area contributed by atoms with E-state index in [1.165, 1.54) is 26.4 Å². The zero-order chi connectivity index (χ0) is 17.2. The molecular weight excluding hydrogens is 298 g/mol. The van der Waals surface area contributed by atoms with Crippen LogP contribution >= 0.6 is 0 Å². The maximum Gasteiger partial charge on any atom is 0.305 e. The first-order valence-electron chi connectivity index (χ1n) is 7.68. The molecule has 0 saturated carbocycles. The van der Waals surface area contributed by atoms with Crippen molar-refractivity contribution in [3.8, 4) is 5.75 Å². The number of aromatic nitrogens is 1. The van der Waals surface area contributed by atoms with Crippen molar-refractivity contribution in [2.75, 3.05) is 13.7 Å². The topological polar surface area (TPSA) is 82.6 Å². The minimum Gasteiger partial charge on any atom is -0.495 e. The van der Waals surface area contributed by atoms with Gasteiger partial charge in [0.15, 0.2) is 5.78 Å². The fraction of sp³-hybridized carbons (Fsp3) is 0.529. The monoisotopic (exact) mass is 321 g/mol. The Labute approximate surface area is 136 Å². The molecule has 6 heteroatoms. The molecule has 23 heavy (non-hydrogen) atoms. The Morgan fingerprint density at radius 2 is 1.96 bits per heavy atom. The number of ether oxygens (including phenoxy) is 2. The molecule has 1 atom stereocenters. The van der Waals surface area contributed by atoms with Crippen LogP contribution in [0.5, 0.6) is 5.75 Å². The fourth-order valence-corrected chi connectivity index (χ4v) is 2.24. The van der Waals surface area contributed by atoms with Crippen molar-refractivity contribution in [2.45, 2.75) is 39.5 Å². The molecule has 1 heterocycles. The Balaban J connectivity index is 2.61. The van der Waals surface area contributed by atoms with E-state index in [1.54, 1.807) is 13.0 Å². The van der Waals surface area contributed by atoms with Crippen molar-refractivity contribution >= 4 is 17.5 Å². The van der Waals surface area contributed by atoms with Gasteiger partial charge >= 0.3 is 5.97 Å². The Kier molecular flexibility index (Phi) is 7.94. The van der Waals surface area contributed by atoms with E-state index in [1.807, 2.05) is 0 Å². The summed E-state index contributed by atoms with van der Waals surface area (Å²) in [4.78, 5) is 39.5. The molecule has 126 valence electrons. The number of hydrogen-bond donors (Lipinski definition) is 0. The fourth-order valence-electron chi connectivity index (χ4n) is 2.24. The number of esters is 1. The maximum absolute atomic E-state index is 12.5. The van der Waals surface area contributed by atoms with Gasteiger partial charge in [0.2, 0.25) is 0 Å². The third kappa shape index (κ3) is 6.18. The number of hydrogen-bond acceptors (Lipinski definition) is 6. The predicted molar refractivity (Wildman–Crippen MR) is 84.4 cm³/mol. The van der Waals surface area contributed by atoms with Gasteiger partial charge in [0, 0.05) is 18.2 Å². The normalized spacial score (nSPS) is 11.6. The Morgan fingerprint density at radius 1 is 1.22 bits per heavy atom. The minimum atomic E-state index is -0.717. The summed E-state index contributed by atoms with van der Waals surface area (Å²) >= 11 is 0. The Bertz CT molecular complexity index is 556. The third-order valence-corrected chi connectivity index (χ3v) is 3.47. The van der Waals surface area contributed by atoms with Crippen molar-refractivity contribution in [1.29, 1.82) is 0 Å². The maximum atomic E-state index is 12.5. The zero-order valence-corrected chi connectivity index (χ0v) is 13.8. The van der Waals surface area contributed by atoms with Crippen molar-refractivity contribution in [1.82, 2.24) is 4.98 Å². The molecule has 0 amide bonds. The van der Waals surface area contributed by atoms with E-state index < -0.39 is 5.92 Å². The van der Waals surface area contributed by atoms with Crippen molar-refractivity contribution in [3.63, 3.8) is 0 Å². The number of carbonyl (C=O) groups excluding carboxylic acids is 3. The molecule has 0 radical (unpaired) electrons. The number of methoxy groups -OCH3 is 1. The van der Waals surface area contributed by atoms with Crippen LogP contribution in [0.1, 0.15) is 49.9 Å². The molecule has 0 aliphatic heterocycles. The highest BCUT2D eigenvalue weighted by Crippen LogP contribution is 2.19. The number of ketones is 2. The predicted octanol–water partition coefficient (Wildman–Crippen LogP) is 2.60. The van der Waals surface area contributed by atoms with Crippen LogP contribution in [-0.4, -0.2) is 36.2 Å². The van der Waals surface area contributed by atoms with Crippen LogP contribution in [0.15, 0.2) is 18.5 Å². The molecule has 0 spiro atoms. The smallest absolute Gasteiger partial charge is 0.305 e. The number of carbonyl (C=O) groups is 3. The first-order chi connectivity index (χ1) is 11.0. The van der Waals surface area contributed by atoms with Gasteiger partial charge in [0.1, 0.15) is 11.5 Å². The number of nitrogens with zero attached hydrogens (tertiary/aromatic N) is 1. The average molecular weight is 321 g/mol.